The summed E-state index contributed by atoms with van der Waals surface area (Å²) in [6.07, 6.45) is 1.59. The Kier molecular flexibility index (Phi) is 6.23. The fourth-order valence-electron chi connectivity index (χ4n) is 4.52. The van der Waals surface area contributed by atoms with Gasteiger partial charge in [0.15, 0.2) is 0 Å². The summed E-state index contributed by atoms with van der Waals surface area (Å²) in [6, 6.07) is 11.9. The van der Waals surface area contributed by atoms with E-state index in [-0.39, 0.29) is 28.9 Å². The second kappa shape index (κ2) is 9.26. The Bertz CT molecular complexity index is 1720. The molecule has 0 atom stereocenters. The van der Waals surface area contributed by atoms with Crippen LogP contribution in [0.5, 0.6) is 0 Å². The van der Waals surface area contributed by atoms with Gasteiger partial charge >= 0.3 is 0 Å². The minimum Gasteiger partial charge on any atom is -0.331 e. The maximum atomic E-state index is 14.7. The smallest absolute Gasteiger partial charge is 0.282 e. The fraction of sp³-hybridized carbons (Fsp3) is 0.259. The van der Waals surface area contributed by atoms with Crippen molar-refractivity contribution in [1.82, 2.24) is 14.3 Å². The molecular formula is C27H25F2N3O4S. The van der Waals surface area contributed by atoms with Crippen molar-refractivity contribution in [3.63, 3.8) is 0 Å². The zero-order chi connectivity index (χ0) is 26.5. The largest absolute Gasteiger partial charge is 0.331 e. The lowest BCUT2D eigenvalue weighted by Gasteiger charge is -2.14. The normalized spacial score (nSPS) is 13.7. The molecule has 0 bridgehead atoms. The van der Waals surface area contributed by atoms with Crippen molar-refractivity contribution >= 4 is 26.8 Å². The molecule has 2 heterocycles. The van der Waals surface area contributed by atoms with Crippen molar-refractivity contribution in [1.29, 1.82) is 0 Å². The minimum atomic E-state index is -3.93. The van der Waals surface area contributed by atoms with Gasteiger partial charge in [0, 0.05) is 39.4 Å². The zero-order valence-electron chi connectivity index (χ0n) is 20.3. The SMILES string of the molecule is CCc1ccc2c(c1)c(-c1ccc(C)[nH]c1=O)c(C(=O)NS(=O)(=O)C1CC1)n2Cc1ccc(F)cc1F. The van der Waals surface area contributed by atoms with Gasteiger partial charge in [-0.3, -0.25) is 9.59 Å². The van der Waals surface area contributed by atoms with Crippen LogP contribution >= 0.6 is 0 Å². The molecule has 0 saturated heterocycles. The number of aryl methyl sites for hydroxylation is 2. The summed E-state index contributed by atoms with van der Waals surface area (Å²) in [7, 11) is -3.93. The average molecular weight is 526 g/mol. The van der Waals surface area contributed by atoms with Gasteiger partial charge in [-0.2, -0.15) is 0 Å². The molecule has 5 rings (SSSR count). The Morgan fingerprint density at radius 3 is 2.51 bits per heavy atom. The number of benzene rings is 2. The van der Waals surface area contributed by atoms with E-state index in [1.165, 1.54) is 10.6 Å². The van der Waals surface area contributed by atoms with Crippen LogP contribution in [0.3, 0.4) is 0 Å². The maximum Gasteiger partial charge on any atom is 0.282 e. The summed E-state index contributed by atoms with van der Waals surface area (Å²) < 4.78 is 57.3. The third-order valence-corrected chi connectivity index (χ3v) is 8.44. The number of nitrogens with one attached hydrogen (secondary N) is 2. The number of carbonyl (C=O) groups excluding carboxylic acids is 1. The first-order valence-electron chi connectivity index (χ1n) is 11.9. The van der Waals surface area contributed by atoms with Crippen LogP contribution in [0.25, 0.3) is 22.0 Å². The molecule has 37 heavy (non-hydrogen) atoms. The lowest BCUT2D eigenvalue weighted by atomic mass is 10.0. The summed E-state index contributed by atoms with van der Waals surface area (Å²) in [5.74, 6) is -2.47. The lowest BCUT2D eigenvalue weighted by Crippen LogP contribution is -2.35. The second-order valence-corrected chi connectivity index (χ2v) is 11.3. The number of halogens is 2. The van der Waals surface area contributed by atoms with Crippen LogP contribution in [-0.4, -0.2) is 29.1 Å². The monoisotopic (exact) mass is 525 g/mol. The van der Waals surface area contributed by atoms with E-state index in [9.17, 15) is 26.8 Å². The summed E-state index contributed by atoms with van der Waals surface area (Å²) in [4.78, 5) is 29.5. The Hall–Kier alpha value is -3.79. The van der Waals surface area contributed by atoms with Crippen molar-refractivity contribution in [3.8, 4) is 11.1 Å². The first kappa shape index (κ1) is 24.9. The molecule has 1 aliphatic rings. The molecule has 7 nitrogen and oxygen atoms in total. The van der Waals surface area contributed by atoms with E-state index in [1.54, 1.807) is 25.1 Å². The number of sulfonamides is 1. The molecule has 2 N–H and O–H groups in total. The van der Waals surface area contributed by atoms with Gasteiger partial charge in [-0.15, -0.1) is 0 Å². The van der Waals surface area contributed by atoms with Crippen molar-refractivity contribution in [2.45, 2.75) is 44.9 Å². The van der Waals surface area contributed by atoms with E-state index in [2.05, 4.69) is 9.71 Å². The van der Waals surface area contributed by atoms with Gasteiger partial charge in [-0.25, -0.2) is 21.9 Å². The van der Waals surface area contributed by atoms with Gasteiger partial charge in [-0.05, 0) is 62.1 Å². The van der Waals surface area contributed by atoms with Crippen LogP contribution < -0.4 is 10.3 Å². The molecule has 2 aromatic heterocycles. The quantitative estimate of drug-likeness (QED) is 0.373. The molecule has 1 fully saturated rings. The van der Waals surface area contributed by atoms with Gasteiger partial charge in [0.2, 0.25) is 10.0 Å². The van der Waals surface area contributed by atoms with Crippen molar-refractivity contribution in [2.24, 2.45) is 0 Å². The lowest BCUT2D eigenvalue weighted by molar-refractivity contribution is 0.0973. The molecule has 0 radical (unpaired) electrons. The number of aromatic amines is 1. The van der Waals surface area contributed by atoms with Crippen LogP contribution in [0, 0.1) is 18.6 Å². The van der Waals surface area contributed by atoms with Crippen LogP contribution in [0.1, 0.15) is 47.1 Å². The Labute approximate surface area is 212 Å². The third-order valence-electron chi connectivity index (χ3n) is 6.62. The molecule has 192 valence electrons. The topological polar surface area (TPSA) is 101 Å². The molecule has 2 aromatic carbocycles. The maximum absolute atomic E-state index is 14.7. The molecular weight excluding hydrogens is 500 g/mol. The van der Waals surface area contributed by atoms with E-state index < -0.39 is 38.4 Å². The highest BCUT2D eigenvalue weighted by Crippen LogP contribution is 2.36. The van der Waals surface area contributed by atoms with E-state index in [4.69, 9.17) is 0 Å². The number of aromatic nitrogens is 2. The third kappa shape index (κ3) is 4.69. The van der Waals surface area contributed by atoms with Crippen LogP contribution in [0.15, 0.2) is 53.3 Å². The zero-order valence-corrected chi connectivity index (χ0v) is 21.1. The molecule has 0 unspecified atom stereocenters. The summed E-state index contributed by atoms with van der Waals surface area (Å²) in [5, 5.41) is -0.105. The van der Waals surface area contributed by atoms with Gasteiger partial charge in [0.05, 0.1) is 11.8 Å². The van der Waals surface area contributed by atoms with E-state index >= 15 is 0 Å². The predicted octanol–water partition coefficient (Wildman–Crippen LogP) is 4.42. The van der Waals surface area contributed by atoms with E-state index in [1.807, 2.05) is 19.1 Å². The standard InChI is InChI=1S/C27H25F2N3O4S/c1-3-16-5-11-23-21(12-16)24(20-10-4-15(2)30-26(20)33)25(27(34)31-37(35,36)19-8-9-19)32(23)14-17-6-7-18(28)13-22(17)29/h4-7,10-13,19H,3,8-9,14H2,1-2H3,(H,30,33)(H,31,34). The second-order valence-electron chi connectivity index (χ2n) is 9.31. The molecule has 1 amide bonds. The Morgan fingerprint density at radius 1 is 1.11 bits per heavy atom. The number of amides is 1. The van der Waals surface area contributed by atoms with Gasteiger partial charge in [0.1, 0.15) is 17.3 Å². The highest BCUT2D eigenvalue weighted by atomic mass is 32.2. The van der Waals surface area contributed by atoms with Crippen molar-refractivity contribution in [3.05, 3.63) is 93.0 Å². The van der Waals surface area contributed by atoms with Gasteiger partial charge in [0.25, 0.3) is 11.5 Å². The van der Waals surface area contributed by atoms with E-state index in [0.29, 0.717) is 35.9 Å². The van der Waals surface area contributed by atoms with Crippen LogP contribution in [0.2, 0.25) is 0 Å². The Morgan fingerprint density at radius 2 is 1.86 bits per heavy atom. The molecule has 0 aliphatic heterocycles. The minimum absolute atomic E-state index is 0.0921. The molecule has 4 aromatic rings. The fourth-order valence-corrected chi connectivity index (χ4v) is 5.80. The number of nitrogens with zero attached hydrogens (tertiary/aromatic N) is 1. The number of H-pyrrole nitrogens is 1. The summed E-state index contributed by atoms with van der Waals surface area (Å²) >= 11 is 0. The predicted molar refractivity (Wildman–Crippen MR) is 137 cm³/mol. The van der Waals surface area contributed by atoms with Crippen molar-refractivity contribution in [2.75, 3.05) is 0 Å². The highest BCUT2D eigenvalue weighted by Gasteiger charge is 2.38. The summed E-state index contributed by atoms with van der Waals surface area (Å²) in [6.45, 7) is 3.49. The molecule has 0 spiro atoms. The highest BCUT2D eigenvalue weighted by molar-refractivity contribution is 7.91. The first-order chi connectivity index (χ1) is 17.6. The number of fused-ring (bicyclic) bond motifs is 1. The van der Waals surface area contributed by atoms with Gasteiger partial charge in [-0.1, -0.05) is 19.1 Å². The summed E-state index contributed by atoms with van der Waals surface area (Å²) in [5.41, 5.74) is 2.03. The van der Waals surface area contributed by atoms with Gasteiger partial charge < -0.3 is 9.55 Å². The average Bonchev–Trinajstić information content (AvgIpc) is 3.65. The van der Waals surface area contributed by atoms with Crippen LogP contribution in [0.4, 0.5) is 8.78 Å². The Balaban J connectivity index is 1.82. The molecule has 1 saturated carbocycles. The van der Waals surface area contributed by atoms with Crippen molar-refractivity contribution < 1.29 is 22.0 Å². The number of rotatable bonds is 7. The number of pyridine rings is 1. The first-order valence-corrected chi connectivity index (χ1v) is 13.5. The van der Waals surface area contributed by atoms with E-state index in [0.717, 1.165) is 17.7 Å². The van der Waals surface area contributed by atoms with Crippen LogP contribution in [-0.2, 0) is 23.0 Å². The molecule has 10 heteroatoms. The molecule has 1 aliphatic carbocycles. The number of carbonyl (C=O) groups is 1. The number of hydrogen-bond donors (Lipinski definition) is 2. The number of hydrogen-bond acceptors (Lipinski definition) is 4.